The first-order valence-corrected chi connectivity index (χ1v) is 12.2. The van der Waals surface area contributed by atoms with E-state index in [1.54, 1.807) is 44.3 Å². The molecule has 4 rings (SSSR count). The number of nitrogens with zero attached hydrogens (tertiary/aromatic N) is 3. The fourth-order valence-electron chi connectivity index (χ4n) is 4.18. The van der Waals surface area contributed by atoms with Gasteiger partial charge in [0.25, 0.3) is 11.5 Å². The number of rotatable bonds is 9. The maximum Gasteiger partial charge on any atom is 0.307 e. The van der Waals surface area contributed by atoms with Crippen molar-refractivity contribution >= 4 is 34.4 Å². The van der Waals surface area contributed by atoms with Crippen LogP contribution in [0, 0.1) is 5.41 Å². The van der Waals surface area contributed by atoms with E-state index >= 15 is 0 Å². The Morgan fingerprint density at radius 1 is 1.03 bits per heavy atom. The van der Waals surface area contributed by atoms with Gasteiger partial charge in [0.1, 0.15) is 11.5 Å². The molecule has 1 amide bonds. The van der Waals surface area contributed by atoms with Gasteiger partial charge in [-0.3, -0.25) is 19.8 Å². The predicted molar refractivity (Wildman–Crippen MR) is 147 cm³/mol. The number of esters is 1. The molecule has 3 N–H and O–H groups in total. The number of hydrogen-bond donors (Lipinski definition) is 2. The SMILES string of the molecule is CCOC(=O)CCN(C(=O)c1ccc2c(c1)nc(Cc1ccc(C(=N)N)cc1)c(=O)n2C)c1ccccc1. The summed E-state index contributed by atoms with van der Waals surface area (Å²) in [6.07, 6.45) is 0.343. The van der Waals surface area contributed by atoms with Crippen LogP contribution < -0.4 is 16.2 Å². The summed E-state index contributed by atoms with van der Waals surface area (Å²) in [5.74, 6) is -0.697. The van der Waals surface area contributed by atoms with Crippen molar-refractivity contribution in [3.63, 3.8) is 0 Å². The van der Waals surface area contributed by atoms with Crippen LogP contribution in [-0.2, 0) is 23.0 Å². The lowest BCUT2D eigenvalue weighted by atomic mass is 10.1. The van der Waals surface area contributed by atoms with E-state index in [2.05, 4.69) is 4.98 Å². The molecule has 4 aromatic rings. The van der Waals surface area contributed by atoms with Crippen molar-refractivity contribution in [2.24, 2.45) is 12.8 Å². The average molecular weight is 512 g/mol. The van der Waals surface area contributed by atoms with Crippen LogP contribution in [0.2, 0.25) is 0 Å². The number of amidine groups is 1. The lowest BCUT2D eigenvalue weighted by Gasteiger charge is -2.23. The zero-order valence-electron chi connectivity index (χ0n) is 21.3. The van der Waals surface area contributed by atoms with E-state index in [1.165, 1.54) is 9.47 Å². The molecule has 0 aliphatic carbocycles. The van der Waals surface area contributed by atoms with Gasteiger partial charge in [0.15, 0.2) is 0 Å². The highest BCUT2D eigenvalue weighted by molar-refractivity contribution is 6.07. The molecule has 1 heterocycles. The van der Waals surface area contributed by atoms with Crippen molar-refractivity contribution in [3.8, 4) is 0 Å². The van der Waals surface area contributed by atoms with Gasteiger partial charge >= 0.3 is 5.97 Å². The van der Waals surface area contributed by atoms with Crippen molar-refractivity contribution in [1.82, 2.24) is 9.55 Å². The number of nitrogens with one attached hydrogen (secondary N) is 1. The largest absolute Gasteiger partial charge is 0.466 e. The standard InChI is InChI=1S/C29H29N5O4/c1-3-38-26(35)15-16-34(22-7-5-4-6-8-22)28(36)21-13-14-25-23(18-21)32-24(29(37)33(25)2)17-19-9-11-20(12-10-19)27(30)31/h4-14,18H,3,15-17H2,1-2H3,(H3,30,31). The number of carbonyl (C=O) groups excluding carboxylic acids is 2. The number of ether oxygens (including phenoxy) is 1. The fraction of sp³-hybridized carbons (Fsp3) is 0.207. The Morgan fingerprint density at radius 2 is 1.71 bits per heavy atom. The van der Waals surface area contributed by atoms with Gasteiger partial charge in [-0.05, 0) is 42.8 Å². The molecule has 0 saturated carbocycles. The normalized spacial score (nSPS) is 10.8. The molecule has 194 valence electrons. The molecule has 0 fully saturated rings. The average Bonchev–Trinajstić information content (AvgIpc) is 2.92. The van der Waals surface area contributed by atoms with Crippen LogP contribution in [0.25, 0.3) is 11.0 Å². The summed E-state index contributed by atoms with van der Waals surface area (Å²) in [6.45, 7) is 2.17. The first kappa shape index (κ1) is 26.3. The summed E-state index contributed by atoms with van der Waals surface area (Å²) in [4.78, 5) is 44.8. The molecular weight excluding hydrogens is 482 g/mol. The highest BCUT2D eigenvalue weighted by atomic mass is 16.5. The molecule has 0 aliphatic rings. The molecule has 0 aliphatic heterocycles. The van der Waals surface area contributed by atoms with Gasteiger partial charge in [-0.2, -0.15) is 0 Å². The fourth-order valence-corrected chi connectivity index (χ4v) is 4.18. The van der Waals surface area contributed by atoms with E-state index in [0.29, 0.717) is 33.5 Å². The number of nitrogen functional groups attached to an aromatic ring is 1. The topological polar surface area (TPSA) is 131 Å². The number of aryl methyl sites for hydroxylation is 1. The van der Waals surface area contributed by atoms with Gasteiger partial charge in [-0.1, -0.05) is 42.5 Å². The Labute approximate surface area is 220 Å². The van der Waals surface area contributed by atoms with Crippen LogP contribution in [0.15, 0.2) is 77.6 Å². The second-order valence-corrected chi connectivity index (χ2v) is 8.76. The van der Waals surface area contributed by atoms with E-state index in [9.17, 15) is 14.4 Å². The zero-order chi connectivity index (χ0) is 27.2. The number of hydrogen-bond acceptors (Lipinski definition) is 6. The molecule has 0 saturated heterocycles. The van der Waals surface area contributed by atoms with E-state index in [1.807, 2.05) is 42.5 Å². The smallest absolute Gasteiger partial charge is 0.307 e. The summed E-state index contributed by atoms with van der Waals surface area (Å²) in [5.41, 5.74) is 9.23. The lowest BCUT2D eigenvalue weighted by Crippen LogP contribution is -2.33. The third-order valence-electron chi connectivity index (χ3n) is 6.19. The molecule has 0 atom stereocenters. The van der Waals surface area contributed by atoms with Crippen LogP contribution in [-0.4, -0.2) is 40.4 Å². The van der Waals surface area contributed by atoms with Gasteiger partial charge in [0, 0.05) is 36.8 Å². The highest BCUT2D eigenvalue weighted by Gasteiger charge is 2.20. The molecule has 0 unspecified atom stereocenters. The zero-order valence-corrected chi connectivity index (χ0v) is 21.3. The van der Waals surface area contributed by atoms with E-state index < -0.39 is 0 Å². The minimum Gasteiger partial charge on any atom is -0.466 e. The number of nitrogens with two attached hydrogens (primary N) is 1. The number of carbonyl (C=O) groups is 2. The number of anilines is 1. The highest BCUT2D eigenvalue weighted by Crippen LogP contribution is 2.20. The maximum absolute atomic E-state index is 13.6. The first-order valence-electron chi connectivity index (χ1n) is 12.2. The summed E-state index contributed by atoms with van der Waals surface area (Å²) in [6, 6.07) is 21.2. The molecule has 9 nitrogen and oxygen atoms in total. The Morgan fingerprint density at radius 3 is 2.37 bits per heavy atom. The third-order valence-corrected chi connectivity index (χ3v) is 6.19. The Bertz CT molecular complexity index is 1550. The lowest BCUT2D eigenvalue weighted by molar-refractivity contribution is -0.142. The van der Waals surface area contributed by atoms with E-state index in [-0.39, 0.29) is 49.3 Å². The Hall–Kier alpha value is -4.79. The van der Waals surface area contributed by atoms with Crippen LogP contribution in [0.5, 0.6) is 0 Å². The minimum absolute atomic E-state index is 0.0275. The number of para-hydroxylation sites is 1. The van der Waals surface area contributed by atoms with E-state index in [4.69, 9.17) is 15.9 Å². The molecule has 9 heteroatoms. The summed E-state index contributed by atoms with van der Waals surface area (Å²) >= 11 is 0. The van der Waals surface area contributed by atoms with Crippen LogP contribution >= 0.6 is 0 Å². The van der Waals surface area contributed by atoms with Crippen molar-refractivity contribution in [1.29, 1.82) is 5.41 Å². The van der Waals surface area contributed by atoms with Gasteiger partial charge in [0.2, 0.25) is 0 Å². The molecule has 38 heavy (non-hydrogen) atoms. The number of aromatic nitrogens is 2. The second-order valence-electron chi connectivity index (χ2n) is 8.76. The summed E-state index contributed by atoms with van der Waals surface area (Å²) in [5, 5.41) is 7.54. The summed E-state index contributed by atoms with van der Waals surface area (Å²) < 4.78 is 6.56. The van der Waals surface area contributed by atoms with Gasteiger partial charge in [0.05, 0.1) is 24.1 Å². The molecule has 0 radical (unpaired) electrons. The Balaban J connectivity index is 1.68. The maximum atomic E-state index is 13.6. The van der Waals surface area contributed by atoms with Crippen molar-refractivity contribution in [2.45, 2.75) is 19.8 Å². The number of benzene rings is 3. The third kappa shape index (κ3) is 5.78. The predicted octanol–water partition coefficient (Wildman–Crippen LogP) is 3.41. The first-order chi connectivity index (χ1) is 18.3. The molecular formula is C29H29N5O4. The number of fused-ring (bicyclic) bond motifs is 1. The minimum atomic E-state index is -0.377. The van der Waals surface area contributed by atoms with Crippen molar-refractivity contribution in [3.05, 3.63) is 106 Å². The van der Waals surface area contributed by atoms with Gasteiger partial charge in [-0.15, -0.1) is 0 Å². The number of amides is 1. The van der Waals surface area contributed by atoms with Crippen LogP contribution in [0.4, 0.5) is 5.69 Å². The van der Waals surface area contributed by atoms with Gasteiger partial charge < -0.3 is 19.9 Å². The summed E-state index contributed by atoms with van der Waals surface area (Å²) in [7, 11) is 1.67. The molecule has 3 aromatic carbocycles. The molecule has 0 bridgehead atoms. The molecule has 0 spiro atoms. The van der Waals surface area contributed by atoms with Crippen molar-refractivity contribution < 1.29 is 14.3 Å². The second kappa shape index (κ2) is 11.5. The Kier molecular flexibility index (Phi) is 7.96. The van der Waals surface area contributed by atoms with Crippen LogP contribution in [0.1, 0.15) is 40.5 Å². The molecule has 1 aromatic heterocycles. The monoisotopic (exact) mass is 511 g/mol. The quantitative estimate of drug-likeness (QED) is 0.201. The van der Waals surface area contributed by atoms with E-state index in [0.717, 1.165) is 5.56 Å². The van der Waals surface area contributed by atoms with Gasteiger partial charge in [-0.25, -0.2) is 4.98 Å². The van der Waals surface area contributed by atoms with Crippen LogP contribution in [0.3, 0.4) is 0 Å². The van der Waals surface area contributed by atoms with Crippen molar-refractivity contribution in [2.75, 3.05) is 18.1 Å².